The van der Waals surface area contributed by atoms with E-state index >= 15 is 0 Å². The minimum absolute atomic E-state index is 0.0660. The predicted octanol–water partition coefficient (Wildman–Crippen LogP) is 2.79. The molecule has 0 fully saturated rings. The molecule has 0 bridgehead atoms. The number of nitrogens with one attached hydrogen (secondary N) is 1. The molecule has 1 N–H and O–H groups in total. The summed E-state index contributed by atoms with van der Waals surface area (Å²) in [4.78, 5) is 3.88. The van der Waals surface area contributed by atoms with Crippen molar-refractivity contribution in [3.05, 3.63) is 18.3 Å². The number of anilines is 1. The van der Waals surface area contributed by atoms with Gasteiger partial charge in [-0.2, -0.15) is 8.78 Å². The van der Waals surface area contributed by atoms with Crippen LogP contribution in [0, 0.1) is 0 Å². The van der Waals surface area contributed by atoms with E-state index < -0.39 is 19.0 Å². The molecule has 0 aromatic carbocycles. The summed E-state index contributed by atoms with van der Waals surface area (Å²) in [6, 6.07) is 2.69. The molecule has 1 rings (SSSR count). The van der Waals surface area contributed by atoms with Gasteiger partial charge in [-0.15, -0.1) is 0 Å². The number of ether oxygens (including phenoxy) is 1. The quantitative estimate of drug-likeness (QED) is 0.790. The number of halogens is 4. The van der Waals surface area contributed by atoms with Gasteiger partial charge in [0.25, 0.3) is 0 Å². The van der Waals surface area contributed by atoms with Gasteiger partial charge in [0, 0.05) is 18.8 Å². The van der Waals surface area contributed by atoms with E-state index in [9.17, 15) is 17.6 Å². The SMILES string of the molecule is CCNc1cc(OCC(F)(F)C(F)F)ccn1. The van der Waals surface area contributed by atoms with Gasteiger partial charge in [-0.1, -0.05) is 0 Å². The van der Waals surface area contributed by atoms with Gasteiger partial charge in [0.05, 0.1) is 0 Å². The van der Waals surface area contributed by atoms with E-state index in [-0.39, 0.29) is 5.75 Å². The van der Waals surface area contributed by atoms with Crippen molar-refractivity contribution in [3.63, 3.8) is 0 Å². The molecule has 0 aliphatic rings. The molecule has 0 amide bonds. The van der Waals surface area contributed by atoms with Gasteiger partial charge in [0.15, 0.2) is 6.61 Å². The van der Waals surface area contributed by atoms with Crippen LogP contribution in [0.4, 0.5) is 23.4 Å². The van der Waals surface area contributed by atoms with Crippen molar-refractivity contribution in [2.45, 2.75) is 19.3 Å². The molecule has 0 spiro atoms. The number of pyridine rings is 1. The van der Waals surface area contributed by atoms with Crippen molar-refractivity contribution >= 4 is 5.82 Å². The van der Waals surface area contributed by atoms with Crippen LogP contribution >= 0.6 is 0 Å². The summed E-state index contributed by atoms with van der Waals surface area (Å²) in [6.07, 6.45) is -2.40. The van der Waals surface area contributed by atoms with Crippen molar-refractivity contribution < 1.29 is 22.3 Å². The lowest BCUT2D eigenvalue weighted by atomic mass is 10.3. The molecule has 96 valence electrons. The second-order valence-electron chi connectivity index (χ2n) is 3.26. The average molecular weight is 252 g/mol. The summed E-state index contributed by atoms with van der Waals surface area (Å²) in [6.45, 7) is 1.07. The third-order valence-corrected chi connectivity index (χ3v) is 1.84. The Balaban J connectivity index is 2.60. The molecule has 0 atom stereocenters. The summed E-state index contributed by atoms with van der Waals surface area (Å²) < 4.78 is 53.5. The second-order valence-corrected chi connectivity index (χ2v) is 3.26. The van der Waals surface area contributed by atoms with E-state index in [2.05, 4.69) is 15.0 Å². The van der Waals surface area contributed by atoms with Gasteiger partial charge >= 0.3 is 12.3 Å². The van der Waals surface area contributed by atoms with E-state index in [1.54, 1.807) is 0 Å². The second kappa shape index (κ2) is 5.70. The average Bonchev–Trinajstić information content (AvgIpc) is 2.27. The summed E-state index contributed by atoms with van der Waals surface area (Å²) in [7, 11) is 0. The molecule has 1 aromatic heterocycles. The van der Waals surface area contributed by atoms with Gasteiger partial charge in [0.1, 0.15) is 11.6 Å². The highest BCUT2D eigenvalue weighted by atomic mass is 19.3. The van der Waals surface area contributed by atoms with Crippen LogP contribution < -0.4 is 10.1 Å². The monoisotopic (exact) mass is 252 g/mol. The molecule has 7 heteroatoms. The molecule has 1 aromatic rings. The van der Waals surface area contributed by atoms with Crippen molar-refractivity contribution in [3.8, 4) is 5.75 Å². The summed E-state index contributed by atoms with van der Waals surface area (Å²) in [5.74, 6) is -3.65. The highest BCUT2D eigenvalue weighted by Gasteiger charge is 2.41. The maximum atomic E-state index is 12.6. The van der Waals surface area contributed by atoms with Crippen LogP contribution in [0.1, 0.15) is 6.92 Å². The fourth-order valence-corrected chi connectivity index (χ4v) is 1.02. The molecule has 0 saturated heterocycles. The Hall–Kier alpha value is -1.53. The van der Waals surface area contributed by atoms with Gasteiger partial charge in [-0.3, -0.25) is 0 Å². The van der Waals surface area contributed by atoms with Crippen molar-refractivity contribution in [1.29, 1.82) is 0 Å². The van der Waals surface area contributed by atoms with Crippen molar-refractivity contribution in [2.75, 3.05) is 18.5 Å². The Bertz CT molecular complexity index is 360. The van der Waals surface area contributed by atoms with Crippen molar-refractivity contribution in [2.24, 2.45) is 0 Å². The van der Waals surface area contributed by atoms with Gasteiger partial charge in [-0.25, -0.2) is 13.8 Å². The van der Waals surface area contributed by atoms with Crippen LogP contribution in [0.25, 0.3) is 0 Å². The van der Waals surface area contributed by atoms with E-state index in [1.165, 1.54) is 18.3 Å². The topological polar surface area (TPSA) is 34.1 Å². The summed E-state index contributed by atoms with van der Waals surface area (Å²) >= 11 is 0. The highest BCUT2D eigenvalue weighted by Crippen LogP contribution is 2.24. The molecule has 0 aliphatic heterocycles. The molecule has 0 saturated carbocycles. The van der Waals surface area contributed by atoms with E-state index in [0.29, 0.717) is 12.4 Å². The van der Waals surface area contributed by atoms with Crippen LogP contribution in [0.3, 0.4) is 0 Å². The molecule has 0 unspecified atom stereocenters. The van der Waals surface area contributed by atoms with Crippen LogP contribution in [0.15, 0.2) is 18.3 Å². The standard InChI is InChI=1S/C10H12F4N2O/c1-2-15-8-5-7(3-4-16-8)17-6-10(13,14)9(11)12/h3-5,9H,2,6H2,1H3,(H,15,16). The first kappa shape index (κ1) is 13.5. The van der Waals surface area contributed by atoms with Gasteiger partial charge < -0.3 is 10.1 Å². The van der Waals surface area contributed by atoms with Crippen LogP contribution in [-0.2, 0) is 0 Å². The first-order chi connectivity index (χ1) is 7.95. The fourth-order valence-electron chi connectivity index (χ4n) is 1.02. The lowest BCUT2D eigenvalue weighted by Gasteiger charge is -2.16. The van der Waals surface area contributed by atoms with Crippen LogP contribution in [0.2, 0.25) is 0 Å². The summed E-state index contributed by atoms with van der Waals surface area (Å²) in [5, 5.41) is 2.84. The van der Waals surface area contributed by atoms with Crippen molar-refractivity contribution in [1.82, 2.24) is 4.98 Å². The van der Waals surface area contributed by atoms with E-state index in [4.69, 9.17) is 0 Å². The largest absolute Gasteiger partial charge is 0.487 e. The lowest BCUT2D eigenvalue weighted by molar-refractivity contribution is -0.148. The number of alkyl halides is 4. The number of hydrogen-bond acceptors (Lipinski definition) is 3. The normalized spacial score (nSPS) is 11.6. The third kappa shape index (κ3) is 4.08. The highest BCUT2D eigenvalue weighted by molar-refractivity contribution is 5.40. The number of aromatic nitrogens is 1. The molecule has 17 heavy (non-hydrogen) atoms. The first-order valence-electron chi connectivity index (χ1n) is 4.94. The van der Waals surface area contributed by atoms with Gasteiger partial charge in [0.2, 0.25) is 0 Å². The Morgan fingerprint density at radius 1 is 1.47 bits per heavy atom. The first-order valence-corrected chi connectivity index (χ1v) is 4.94. The van der Waals surface area contributed by atoms with E-state index in [1.807, 2.05) is 6.92 Å². The molecular formula is C10H12F4N2O. The Kier molecular flexibility index (Phi) is 4.53. The maximum Gasteiger partial charge on any atom is 0.340 e. The number of rotatable bonds is 6. The lowest BCUT2D eigenvalue weighted by Crippen LogP contribution is -2.33. The van der Waals surface area contributed by atoms with Gasteiger partial charge in [-0.05, 0) is 13.0 Å². The molecule has 1 heterocycles. The fraction of sp³-hybridized carbons (Fsp3) is 0.500. The Morgan fingerprint density at radius 2 is 2.18 bits per heavy atom. The number of hydrogen-bond donors (Lipinski definition) is 1. The maximum absolute atomic E-state index is 12.6. The van der Waals surface area contributed by atoms with E-state index in [0.717, 1.165) is 0 Å². The molecule has 0 radical (unpaired) electrons. The predicted molar refractivity (Wildman–Crippen MR) is 54.8 cm³/mol. The summed E-state index contributed by atoms with van der Waals surface area (Å²) in [5.41, 5.74) is 0. The number of nitrogens with zero attached hydrogens (tertiary/aromatic N) is 1. The zero-order valence-electron chi connectivity index (χ0n) is 9.09. The third-order valence-electron chi connectivity index (χ3n) is 1.84. The Morgan fingerprint density at radius 3 is 2.76 bits per heavy atom. The molecule has 0 aliphatic carbocycles. The molecule has 3 nitrogen and oxygen atoms in total. The minimum Gasteiger partial charge on any atom is -0.487 e. The minimum atomic E-state index is -4.15. The zero-order chi connectivity index (χ0) is 12.9. The Labute approximate surface area is 95.8 Å². The molecular weight excluding hydrogens is 240 g/mol. The van der Waals surface area contributed by atoms with Crippen LogP contribution in [0.5, 0.6) is 5.75 Å². The smallest absolute Gasteiger partial charge is 0.340 e. The van der Waals surface area contributed by atoms with Crippen LogP contribution in [-0.4, -0.2) is 30.5 Å². The zero-order valence-corrected chi connectivity index (χ0v) is 9.09.